The lowest BCUT2D eigenvalue weighted by molar-refractivity contribution is -0.140. The molecule has 0 N–H and O–H groups in total. The minimum absolute atomic E-state index is 0.181. The van der Waals surface area contributed by atoms with Crippen LogP contribution in [0.2, 0.25) is 0 Å². The molecular weight excluding hydrogens is 242 g/mol. The van der Waals surface area contributed by atoms with Gasteiger partial charge in [-0.25, -0.2) is 14.6 Å². The highest BCUT2D eigenvalue weighted by Crippen LogP contribution is 2.16. The summed E-state index contributed by atoms with van der Waals surface area (Å²) in [6.45, 7) is 3.68. The Balaban J connectivity index is 2.93. The molecule has 1 aromatic rings. The van der Waals surface area contributed by atoms with E-state index >= 15 is 0 Å². The summed E-state index contributed by atoms with van der Waals surface area (Å²) in [5.41, 5.74) is 0.207. The first-order valence-corrected chi connectivity index (χ1v) is 6.08. The molecule has 0 amide bonds. The number of carbonyl (C=O) groups excluding carboxylic acids is 2. The van der Waals surface area contributed by atoms with Gasteiger partial charge < -0.3 is 9.47 Å². The summed E-state index contributed by atoms with van der Waals surface area (Å²) in [4.78, 5) is 27.0. The Morgan fingerprint density at radius 1 is 1.24 bits per heavy atom. The molecule has 0 radical (unpaired) electrons. The maximum Gasteiger partial charge on any atom is 0.364 e. The normalized spacial score (nSPS) is 9.53. The predicted molar refractivity (Wildman–Crippen MR) is 64.7 cm³/mol. The Morgan fingerprint density at radius 3 is 2.24 bits per heavy atom. The van der Waals surface area contributed by atoms with Crippen molar-refractivity contribution in [1.29, 1.82) is 0 Å². The van der Waals surface area contributed by atoms with E-state index in [1.807, 2.05) is 0 Å². The van der Waals surface area contributed by atoms with Crippen LogP contribution in [0.1, 0.15) is 13.8 Å². The van der Waals surface area contributed by atoms with Gasteiger partial charge in [-0.1, -0.05) is 0 Å². The smallest absolute Gasteiger partial charge is 0.364 e. The maximum absolute atomic E-state index is 11.5. The van der Waals surface area contributed by atoms with Crippen molar-refractivity contribution in [2.75, 3.05) is 13.2 Å². The fourth-order valence-corrected chi connectivity index (χ4v) is 1.59. The molecule has 17 heavy (non-hydrogen) atoms. The summed E-state index contributed by atoms with van der Waals surface area (Å²) in [5.74, 6) is -1.53. The van der Waals surface area contributed by atoms with Crippen LogP contribution in [-0.2, 0) is 19.1 Å². The molecule has 0 saturated heterocycles. The third-order valence-electron chi connectivity index (χ3n) is 1.68. The van der Waals surface area contributed by atoms with Crippen molar-refractivity contribution in [1.82, 2.24) is 0 Å². The van der Waals surface area contributed by atoms with E-state index in [-0.39, 0.29) is 18.9 Å². The SMILES string of the molecule is CCOC(=O)C(=Nc1ccsc1)C(=O)OCC. The molecule has 0 unspecified atom stereocenters. The van der Waals surface area contributed by atoms with Crippen LogP contribution in [-0.4, -0.2) is 30.9 Å². The zero-order valence-corrected chi connectivity index (χ0v) is 10.5. The van der Waals surface area contributed by atoms with Crippen LogP contribution < -0.4 is 0 Å². The minimum atomic E-state index is -0.767. The van der Waals surface area contributed by atoms with Crippen LogP contribution in [0.4, 0.5) is 5.69 Å². The van der Waals surface area contributed by atoms with Crippen molar-refractivity contribution in [2.24, 2.45) is 4.99 Å². The van der Waals surface area contributed by atoms with Crippen molar-refractivity contribution in [3.63, 3.8) is 0 Å². The number of aliphatic imine (C=N–C) groups is 1. The van der Waals surface area contributed by atoms with Crippen LogP contribution >= 0.6 is 11.3 Å². The third kappa shape index (κ3) is 3.99. The molecule has 0 atom stereocenters. The summed E-state index contributed by atoms with van der Waals surface area (Å²) < 4.78 is 9.51. The summed E-state index contributed by atoms with van der Waals surface area (Å²) in [7, 11) is 0. The van der Waals surface area contributed by atoms with Crippen molar-refractivity contribution >= 4 is 34.7 Å². The van der Waals surface area contributed by atoms with Gasteiger partial charge in [-0.15, -0.1) is 0 Å². The van der Waals surface area contributed by atoms with Crippen molar-refractivity contribution < 1.29 is 19.1 Å². The first-order chi connectivity index (χ1) is 8.19. The quantitative estimate of drug-likeness (QED) is 0.458. The highest BCUT2D eigenvalue weighted by atomic mass is 32.1. The molecular formula is C11H13NO4S. The number of hydrogen-bond acceptors (Lipinski definition) is 6. The lowest BCUT2D eigenvalue weighted by atomic mass is 10.3. The van der Waals surface area contributed by atoms with Crippen LogP contribution in [0, 0.1) is 0 Å². The zero-order valence-electron chi connectivity index (χ0n) is 9.63. The second kappa shape index (κ2) is 6.80. The van der Waals surface area contributed by atoms with Crippen LogP contribution in [0.5, 0.6) is 0 Å². The van der Waals surface area contributed by atoms with Gasteiger partial charge in [-0.3, -0.25) is 0 Å². The van der Waals surface area contributed by atoms with Gasteiger partial charge in [0.05, 0.1) is 18.9 Å². The number of nitrogens with zero attached hydrogens (tertiary/aromatic N) is 1. The minimum Gasteiger partial charge on any atom is -0.461 e. The molecule has 0 aliphatic heterocycles. The number of carbonyl (C=O) groups is 2. The maximum atomic E-state index is 11.5. The average molecular weight is 255 g/mol. The van der Waals surface area contributed by atoms with E-state index in [4.69, 9.17) is 9.47 Å². The van der Waals surface area contributed by atoms with E-state index in [1.165, 1.54) is 11.3 Å². The van der Waals surface area contributed by atoms with Crippen molar-refractivity contribution in [2.45, 2.75) is 13.8 Å². The molecule has 1 rings (SSSR count). The average Bonchev–Trinajstić information content (AvgIpc) is 2.79. The highest BCUT2D eigenvalue weighted by molar-refractivity contribution is 7.08. The Morgan fingerprint density at radius 2 is 1.82 bits per heavy atom. The largest absolute Gasteiger partial charge is 0.461 e. The Bertz CT molecular complexity index is 391. The molecule has 1 heterocycles. The first kappa shape index (κ1) is 13.4. The molecule has 0 spiro atoms. The molecule has 0 fully saturated rings. The topological polar surface area (TPSA) is 65.0 Å². The molecule has 6 heteroatoms. The number of thiophene rings is 1. The van der Waals surface area contributed by atoms with Crippen molar-refractivity contribution in [3.8, 4) is 0 Å². The first-order valence-electron chi connectivity index (χ1n) is 5.14. The summed E-state index contributed by atoms with van der Waals surface area (Å²) in [6, 6.07) is 1.70. The molecule has 0 aliphatic rings. The Kier molecular flexibility index (Phi) is 5.35. The highest BCUT2D eigenvalue weighted by Gasteiger charge is 2.23. The zero-order chi connectivity index (χ0) is 12.7. The third-order valence-corrected chi connectivity index (χ3v) is 2.36. The molecule has 0 aromatic carbocycles. The van der Waals surface area contributed by atoms with Crippen LogP contribution in [0.15, 0.2) is 21.8 Å². The van der Waals surface area contributed by atoms with E-state index in [1.54, 1.807) is 30.7 Å². The van der Waals surface area contributed by atoms with E-state index < -0.39 is 11.9 Å². The Labute approximate surface area is 103 Å². The molecule has 0 saturated carbocycles. The van der Waals surface area contributed by atoms with Crippen molar-refractivity contribution in [3.05, 3.63) is 16.8 Å². The van der Waals surface area contributed by atoms with Gasteiger partial charge in [0.1, 0.15) is 0 Å². The van der Waals surface area contributed by atoms with Gasteiger partial charge in [-0.2, -0.15) is 11.3 Å². The van der Waals surface area contributed by atoms with Gasteiger partial charge in [0.2, 0.25) is 5.71 Å². The lowest BCUT2D eigenvalue weighted by Crippen LogP contribution is -2.28. The predicted octanol–water partition coefficient (Wildman–Crippen LogP) is 1.95. The number of hydrogen-bond donors (Lipinski definition) is 0. The number of esters is 2. The Hall–Kier alpha value is -1.69. The van der Waals surface area contributed by atoms with Crippen LogP contribution in [0.3, 0.4) is 0 Å². The van der Waals surface area contributed by atoms with E-state index in [2.05, 4.69) is 4.99 Å². The molecule has 0 aliphatic carbocycles. The monoisotopic (exact) mass is 255 g/mol. The fraction of sp³-hybridized carbons (Fsp3) is 0.364. The second-order valence-electron chi connectivity index (χ2n) is 2.88. The van der Waals surface area contributed by atoms with Crippen LogP contribution in [0.25, 0.3) is 0 Å². The molecule has 0 bridgehead atoms. The van der Waals surface area contributed by atoms with Gasteiger partial charge in [0.25, 0.3) is 0 Å². The summed E-state index contributed by atoms with van der Waals surface area (Å²) in [6.07, 6.45) is 0. The van der Waals surface area contributed by atoms with E-state index in [0.717, 1.165) is 0 Å². The van der Waals surface area contributed by atoms with Gasteiger partial charge >= 0.3 is 11.9 Å². The van der Waals surface area contributed by atoms with Gasteiger partial charge in [-0.05, 0) is 25.3 Å². The number of rotatable bonds is 5. The fourth-order valence-electron chi connectivity index (χ4n) is 1.02. The molecule has 5 nitrogen and oxygen atoms in total. The van der Waals surface area contributed by atoms with Gasteiger partial charge in [0.15, 0.2) is 0 Å². The standard InChI is InChI=1S/C11H13NO4S/c1-3-15-10(13)9(11(14)16-4-2)12-8-5-6-17-7-8/h5-7H,3-4H2,1-2H3. The van der Waals surface area contributed by atoms with Gasteiger partial charge in [0, 0.05) is 5.38 Å². The molecule has 1 aromatic heterocycles. The second-order valence-corrected chi connectivity index (χ2v) is 3.66. The van der Waals surface area contributed by atoms with E-state index in [9.17, 15) is 9.59 Å². The molecule has 92 valence electrons. The summed E-state index contributed by atoms with van der Waals surface area (Å²) >= 11 is 1.42. The summed E-state index contributed by atoms with van der Waals surface area (Å²) in [5, 5.41) is 3.52. The lowest BCUT2D eigenvalue weighted by Gasteiger charge is -2.04. The van der Waals surface area contributed by atoms with E-state index in [0.29, 0.717) is 5.69 Å². The number of ether oxygens (including phenoxy) is 2.